The maximum Gasteiger partial charge on any atom is 0.255 e. The smallest absolute Gasteiger partial charge is 0.255 e. The van der Waals surface area contributed by atoms with Gasteiger partial charge in [-0.3, -0.25) is 4.79 Å². The molecule has 4 aromatic rings. The molecule has 0 spiro atoms. The van der Waals surface area contributed by atoms with E-state index in [1.54, 1.807) is 6.20 Å². The van der Waals surface area contributed by atoms with Crippen molar-refractivity contribution >= 4 is 23.2 Å². The van der Waals surface area contributed by atoms with Gasteiger partial charge in [-0.05, 0) is 31.9 Å². The van der Waals surface area contributed by atoms with E-state index in [4.69, 9.17) is 26.4 Å². The molecule has 6 rings (SSSR count). The van der Waals surface area contributed by atoms with Gasteiger partial charge in [0.25, 0.3) is 5.91 Å². The molecule has 1 fully saturated rings. The summed E-state index contributed by atoms with van der Waals surface area (Å²) in [7, 11) is 0. The van der Waals surface area contributed by atoms with Crippen LogP contribution in [0.25, 0.3) is 16.8 Å². The van der Waals surface area contributed by atoms with E-state index in [1.807, 2.05) is 60.0 Å². The minimum atomic E-state index is -0.125. The van der Waals surface area contributed by atoms with Gasteiger partial charge in [-0.25, -0.2) is 9.50 Å². The highest BCUT2D eigenvalue weighted by molar-refractivity contribution is 6.33. The fraction of sp³-hybridized carbons (Fsp3) is 0.269. The summed E-state index contributed by atoms with van der Waals surface area (Å²) in [5.74, 6) is 1.01. The molecule has 1 aliphatic carbocycles. The quantitative estimate of drug-likeness (QED) is 0.439. The predicted octanol–water partition coefficient (Wildman–Crippen LogP) is 5.49. The topological polar surface area (TPSA) is 68.5 Å². The van der Waals surface area contributed by atoms with Gasteiger partial charge in [-0.1, -0.05) is 48.0 Å². The van der Waals surface area contributed by atoms with Crippen LogP contribution in [0.4, 0.5) is 0 Å². The monoisotopic (exact) mass is 458 g/mol. The van der Waals surface area contributed by atoms with E-state index in [9.17, 15) is 4.79 Å². The van der Waals surface area contributed by atoms with Gasteiger partial charge < -0.3 is 10.1 Å². The van der Waals surface area contributed by atoms with Crippen molar-refractivity contribution in [2.24, 2.45) is 0 Å². The van der Waals surface area contributed by atoms with Gasteiger partial charge in [0.05, 0.1) is 35.2 Å². The van der Waals surface area contributed by atoms with Crippen LogP contribution in [-0.2, 0) is 0 Å². The molecule has 3 heterocycles. The number of amides is 1. The molecule has 166 valence electrons. The molecule has 1 atom stereocenters. The number of fused-ring (bicyclic) bond motifs is 2. The maximum absolute atomic E-state index is 13.5. The lowest BCUT2D eigenvalue weighted by Gasteiger charge is -2.27. The first kappa shape index (κ1) is 20.2. The Balaban J connectivity index is 1.42. The highest BCUT2D eigenvalue weighted by atomic mass is 35.5. The minimum Gasteiger partial charge on any atom is -0.493 e. The second-order valence-corrected chi connectivity index (χ2v) is 9.12. The zero-order chi connectivity index (χ0) is 22.5. The lowest BCUT2D eigenvalue weighted by atomic mass is 10.00. The van der Waals surface area contributed by atoms with E-state index in [0.717, 1.165) is 58.7 Å². The molecule has 0 radical (unpaired) electrons. The molecule has 7 heteroatoms. The van der Waals surface area contributed by atoms with Crippen molar-refractivity contribution in [3.05, 3.63) is 82.3 Å². The Bertz CT molecular complexity index is 1390. The molecule has 2 aliphatic rings. The number of carbonyl (C=O) groups excluding carboxylic acids is 1. The van der Waals surface area contributed by atoms with Crippen LogP contribution >= 0.6 is 11.6 Å². The van der Waals surface area contributed by atoms with E-state index in [2.05, 4.69) is 5.32 Å². The van der Waals surface area contributed by atoms with Crippen molar-refractivity contribution in [2.45, 2.75) is 38.1 Å². The predicted molar refractivity (Wildman–Crippen MR) is 127 cm³/mol. The van der Waals surface area contributed by atoms with Crippen LogP contribution in [0.1, 0.15) is 58.5 Å². The number of benzene rings is 2. The summed E-state index contributed by atoms with van der Waals surface area (Å²) in [6, 6.07) is 15.5. The Labute approximate surface area is 196 Å². The molecule has 0 unspecified atom stereocenters. The number of aromatic nitrogens is 3. The van der Waals surface area contributed by atoms with Gasteiger partial charge in [0, 0.05) is 34.7 Å². The van der Waals surface area contributed by atoms with Crippen LogP contribution in [0.15, 0.2) is 54.7 Å². The molecular formula is C26H23ClN4O2. The molecule has 2 aromatic heterocycles. The van der Waals surface area contributed by atoms with Crippen molar-refractivity contribution < 1.29 is 9.53 Å². The van der Waals surface area contributed by atoms with Gasteiger partial charge in [0.1, 0.15) is 5.75 Å². The van der Waals surface area contributed by atoms with Crippen molar-refractivity contribution in [2.75, 3.05) is 6.61 Å². The largest absolute Gasteiger partial charge is 0.493 e. The fourth-order valence-electron chi connectivity index (χ4n) is 4.74. The summed E-state index contributed by atoms with van der Waals surface area (Å²) in [5, 5.41) is 8.69. The first-order valence-electron chi connectivity index (χ1n) is 11.3. The second-order valence-electron chi connectivity index (χ2n) is 8.71. The summed E-state index contributed by atoms with van der Waals surface area (Å²) >= 11 is 6.50. The molecule has 33 heavy (non-hydrogen) atoms. The molecular weight excluding hydrogens is 436 g/mol. The van der Waals surface area contributed by atoms with E-state index in [1.165, 1.54) is 0 Å². The number of hydrogen-bond donors (Lipinski definition) is 1. The van der Waals surface area contributed by atoms with Crippen LogP contribution in [0.2, 0.25) is 5.02 Å². The van der Waals surface area contributed by atoms with Crippen LogP contribution in [-0.4, -0.2) is 27.1 Å². The van der Waals surface area contributed by atoms with Crippen LogP contribution in [0, 0.1) is 6.92 Å². The van der Waals surface area contributed by atoms with E-state index in [-0.39, 0.29) is 11.9 Å². The normalized spacial score (nSPS) is 17.5. The lowest BCUT2D eigenvalue weighted by Crippen LogP contribution is -2.33. The van der Waals surface area contributed by atoms with Crippen molar-refractivity contribution in [3.8, 4) is 16.9 Å². The number of aryl methyl sites for hydroxylation is 1. The van der Waals surface area contributed by atoms with E-state index in [0.29, 0.717) is 23.1 Å². The summed E-state index contributed by atoms with van der Waals surface area (Å²) in [6.07, 6.45) is 4.51. The number of nitrogens with one attached hydrogen (secondary N) is 1. The number of ether oxygens (including phenoxy) is 1. The molecule has 1 saturated carbocycles. The van der Waals surface area contributed by atoms with E-state index < -0.39 is 0 Å². The highest BCUT2D eigenvalue weighted by Crippen LogP contribution is 2.43. The number of rotatable bonds is 4. The molecule has 1 aliphatic heterocycles. The average molecular weight is 459 g/mol. The number of hydrogen-bond acceptors (Lipinski definition) is 4. The number of halogens is 1. The Morgan fingerprint density at radius 3 is 2.73 bits per heavy atom. The summed E-state index contributed by atoms with van der Waals surface area (Å²) in [4.78, 5) is 18.2. The SMILES string of the molecule is Cc1nn2c(C3CC3)c(C(=O)N[C@H]3CCOc4ccccc43)cnc2c1-c1ccccc1Cl. The van der Waals surface area contributed by atoms with Gasteiger partial charge in [-0.2, -0.15) is 5.10 Å². The summed E-state index contributed by atoms with van der Waals surface area (Å²) in [5.41, 5.74) is 5.91. The Hall–Kier alpha value is -3.38. The maximum atomic E-state index is 13.5. The number of carbonyl (C=O) groups is 1. The first-order chi connectivity index (χ1) is 16.1. The second kappa shape index (κ2) is 7.89. The molecule has 1 amide bonds. The molecule has 6 nitrogen and oxygen atoms in total. The van der Waals surface area contributed by atoms with Crippen LogP contribution < -0.4 is 10.1 Å². The molecule has 1 N–H and O–H groups in total. The van der Waals surface area contributed by atoms with Crippen LogP contribution in [0.5, 0.6) is 5.75 Å². The number of nitrogens with zero attached hydrogens (tertiary/aromatic N) is 3. The van der Waals surface area contributed by atoms with Crippen molar-refractivity contribution in [1.29, 1.82) is 0 Å². The van der Waals surface area contributed by atoms with Gasteiger partial charge in [0.15, 0.2) is 5.65 Å². The fourth-order valence-corrected chi connectivity index (χ4v) is 4.97. The average Bonchev–Trinajstić information content (AvgIpc) is 3.61. The zero-order valence-corrected chi connectivity index (χ0v) is 19.0. The molecule has 2 aromatic carbocycles. The third-order valence-electron chi connectivity index (χ3n) is 6.47. The van der Waals surface area contributed by atoms with Gasteiger partial charge >= 0.3 is 0 Å². The van der Waals surface area contributed by atoms with Crippen molar-refractivity contribution in [1.82, 2.24) is 19.9 Å². The Morgan fingerprint density at radius 2 is 1.91 bits per heavy atom. The van der Waals surface area contributed by atoms with Crippen LogP contribution in [0.3, 0.4) is 0 Å². The highest BCUT2D eigenvalue weighted by Gasteiger charge is 2.34. The zero-order valence-electron chi connectivity index (χ0n) is 18.2. The number of para-hydroxylation sites is 1. The van der Waals surface area contributed by atoms with E-state index >= 15 is 0 Å². The lowest BCUT2D eigenvalue weighted by molar-refractivity contribution is 0.0922. The third-order valence-corrected chi connectivity index (χ3v) is 6.80. The first-order valence-corrected chi connectivity index (χ1v) is 11.7. The summed E-state index contributed by atoms with van der Waals surface area (Å²) < 4.78 is 7.61. The Kier molecular flexibility index (Phi) is 4.84. The van der Waals surface area contributed by atoms with Gasteiger partial charge in [-0.15, -0.1) is 0 Å². The molecule has 0 bridgehead atoms. The Morgan fingerprint density at radius 1 is 1.12 bits per heavy atom. The molecule has 0 saturated heterocycles. The van der Waals surface area contributed by atoms with Crippen molar-refractivity contribution in [3.63, 3.8) is 0 Å². The van der Waals surface area contributed by atoms with Gasteiger partial charge in [0.2, 0.25) is 0 Å². The summed E-state index contributed by atoms with van der Waals surface area (Å²) in [6.45, 7) is 2.54. The standard InChI is InChI=1S/C26H23ClN4O2/c1-15-23(17-6-2-4-8-20(17)27)25-28-14-19(24(16-10-11-16)31(25)30-15)26(32)29-21-12-13-33-22-9-5-3-7-18(21)22/h2-9,14,16,21H,10-13H2,1H3,(H,29,32)/t21-/m0/s1. The minimum absolute atomic E-state index is 0.0942. The third kappa shape index (κ3) is 3.45.